The van der Waals surface area contributed by atoms with Crippen LogP contribution < -0.4 is 10.2 Å². The number of rotatable bonds is 11. The number of hydrazone groups is 1. The fourth-order valence-corrected chi connectivity index (χ4v) is 5.47. The molecule has 198 valence electrons. The molecule has 9 nitrogen and oxygen atoms in total. The van der Waals surface area contributed by atoms with E-state index in [0.717, 1.165) is 32.7 Å². The number of benzene rings is 2. The summed E-state index contributed by atoms with van der Waals surface area (Å²) in [4.78, 5) is 12.8. The molecule has 10 heteroatoms. The third-order valence-corrected chi connectivity index (χ3v) is 7.69. The minimum atomic E-state index is -3.95. The van der Waals surface area contributed by atoms with Crippen molar-refractivity contribution in [2.24, 2.45) is 5.10 Å². The van der Waals surface area contributed by atoms with E-state index in [-0.39, 0.29) is 11.4 Å². The number of ether oxygens (including phenoxy) is 1. The van der Waals surface area contributed by atoms with Crippen LogP contribution in [0.4, 0.5) is 0 Å². The van der Waals surface area contributed by atoms with Crippen molar-refractivity contribution in [3.8, 4) is 11.4 Å². The zero-order valence-corrected chi connectivity index (χ0v) is 22.3. The molecule has 0 radical (unpaired) electrons. The smallest absolute Gasteiger partial charge is 0.255 e. The summed E-state index contributed by atoms with van der Waals surface area (Å²) >= 11 is 0. The fraction of sp³-hybridized carbons (Fsp3) is 0.214. The molecule has 2 aromatic carbocycles. The summed E-state index contributed by atoms with van der Waals surface area (Å²) in [6.45, 7) is 5.97. The van der Waals surface area contributed by atoms with Crippen LogP contribution in [0.15, 0.2) is 93.5 Å². The van der Waals surface area contributed by atoms with Gasteiger partial charge < -0.3 is 13.7 Å². The third kappa shape index (κ3) is 6.21. The van der Waals surface area contributed by atoms with Crippen molar-refractivity contribution in [3.63, 3.8) is 0 Å². The summed E-state index contributed by atoms with van der Waals surface area (Å²) in [6, 6.07) is 21.0. The summed E-state index contributed by atoms with van der Waals surface area (Å²) < 4.78 is 40.4. The minimum Gasteiger partial charge on any atom is -0.494 e. The number of hydrogen-bond acceptors (Lipinski definition) is 6. The van der Waals surface area contributed by atoms with Crippen LogP contribution in [-0.4, -0.2) is 42.6 Å². The van der Waals surface area contributed by atoms with E-state index < -0.39 is 22.5 Å². The molecule has 0 aliphatic carbocycles. The first-order valence-electron chi connectivity index (χ1n) is 12.1. The highest BCUT2D eigenvalue weighted by molar-refractivity contribution is 7.89. The first-order chi connectivity index (χ1) is 18.3. The molecule has 0 fully saturated rings. The predicted octanol–water partition coefficient (Wildman–Crippen LogP) is 4.43. The van der Waals surface area contributed by atoms with E-state index in [9.17, 15) is 13.2 Å². The van der Waals surface area contributed by atoms with Gasteiger partial charge in [-0.25, -0.2) is 13.8 Å². The highest BCUT2D eigenvalue weighted by Crippen LogP contribution is 2.22. The van der Waals surface area contributed by atoms with Crippen molar-refractivity contribution >= 4 is 22.1 Å². The van der Waals surface area contributed by atoms with E-state index >= 15 is 0 Å². The lowest BCUT2D eigenvalue weighted by molar-refractivity contribution is -0.121. The van der Waals surface area contributed by atoms with Crippen molar-refractivity contribution in [1.29, 1.82) is 0 Å². The van der Waals surface area contributed by atoms with E-state index in [0.29, 0.717) is 12.4 Å². The molecule has 0 aliphatic heterocycles. The number of nitrogens with one attached hydrogen (secondary N) is 1. The second kappa shape index (κ2) is 11.9. The molecular weight excluding hydrogens is 504 g/mol. The van der Waals surface area contributed by atoms with Crippen LogP contribution in [0.25, 0.3) is 5.69 Å². The Bertz CT molecular complexity index is 1490. The molecule has 2 heterocycles. The number of aryl methyl sites for hydroxylation is 1. The molecule has 1 N–H and O–H groups in total. The molecule has 38 heavy (non-hydrogen) atoms. The third-order valence-electron chi connectivity index (χ3n) is 5.88. The summed E-state index contributed by atoms with van der Waals surface area (Å²) in [6.07, 6.45) is 3.00. The average Bonchev–Trinajstić information content (AvgIpc) is 3.52. The van der Waals surface area contributed by atoms with Gasteiger partial charge in [-0.2, -0.15) is 9.41 Å². The summed E-state index contributed by atoms with van der Waals surface area (Å²) in [5, 5.41) is 4.09. The molecule has 2 aromatic heterocycles. The summed E-state index contributed by atoms with van der Waals surface area (Å²) in [5.74, 6) is 0.647. The van der Waals surface area contributed by atoms with Crippen molar-refractivity contribution in [2.75, 3.05) is 13.2 Å². The molecule has 4 rings (SSSR count). The largest absolute Gasteiger partial charge is 0.494 e. The maximum absolute atomic E-state index is 13.2. The van der Waals surface area contributed by atoms with Crippen LogP contribution >= 0.6 is 0 Å². The van der Waals surface area contributed by atoms with Crippen molar-refractivity contribution in [2.45, 2.75) is 32.2 Å². The SMILES string of the molecule is CCOc1ccc(-n2c(C)cc(/C=N/NC(=O)CN(Cc3ccco3)S(=O)(=O)c3ccccc3)c2C)cc1. The second-order valence-corrected chi connectivity index (χ2v) is 10.5. The van der Waals surface area contributed by atoms with E-state index in [2.05, 4.69) is 15.1 Å². The molecule has 0 saturated heterocycles. The predicted molar refractivity (Wildman–Crippen MR) is 145 cm³/mol. The van der Waals surface area contributed by atoms with Gasteiger partial charge in [0.15, 0.2) is 0 Å². The highest BCUT2D eigenvalue weighted by Gasteiger charge is 2.27. The van der Waals surface area contributed by atoms with E-state index in [1.165, 1.54) is 18.4 Å². The number of furan rings is 1. The first kappa shape index (κ1) is 26.9. The van der Waals surface area contributed by atoms with Crippen LogP contribution in [-0.2, 0) is 21.4 Å². The Morgan fingerprint density at radius 2 is 1.82 bits per heavy atom. The number of sulfonamides is 1. The molecule has 0 atom stereocenters. The highest BCUT2D eigenvalue weighted by atomic mass is 32.2. The number of carbonyl (C=O) groups excluding carboxylic acids is 1. The Kier molecular flexibility index (Phi) is 8.45. The van der Waals surface area contributed by atoms with Gasteiger partial charge in [-0.1, -0.05) is 18.2 Å². The van der Waals surface area contributed by atoms with Crippen molar-refractivity contribution in [1.82, 2.24) is 14.3 Å². The fourth-order valence-electron chi connectivity index (χ4n) is 4.09. The van der Waals surface area contributed by atoms with Crippen LogP contribution in [0.5, 0.6) is 5.75 Å². The van der Waals surface area contributed by atoms with Crippen molar-refractivity contribution in [3.05, 3.63) is 102 Å². The lowest BCUT2D eigenvalue weighted by Gasteiger charge is -2.20. The number of nitrogens with zero attached hydrogens (tertiary/aromatic N) is 3. The normalized spacial score (nSPS) is 11.8. The van der Waals surface area contributed by atoms with Gasteiger partial charge in [-0.15, -0.1) is 0 Å². The Morgan fingerprint density at radius 3 is 2.47 bits per heavy atom. The lowest BCUT2D eigenvalue weighted by atomic mass is 10.2. The zero-order chi connectivity index (χ0) is 27.1. The van der Waals surface area contributed by atoms with Gasteiger partial charge >= 0.3 is 0 Å². The molecule has 0 spiro atoms. The maximum atomic E-state index is 13.2. The zero-order valence-electron chi connectivity index (χ0n) is 21.5. The topological polar surface area (TPSA) is 106 Å². The van der Waals surface area contributed by atoms with Gasteiger partial charge in [0.25, 0.3) is 5.91 Å². The van der Waals surface area contributed by atoms with Crippen LogP contribution in [0, 0.1) is 13.8 Å². The Morgan fingerprint density at radius 1 is 1.08 bits per heavy atom. The quantitative estimate of drug-likeness (QED) is 0.226. The standard InChI is InChI=1S/C28H30N4O5S/c1-4-36-25-14-12-24(13-15-25)32-21(2)17-23(22(32)3)18-29-30-28(33)20-31(19-26-9-8-16-37-26)38(34,35)27-10-6-5-7-11-27/h5-18H,4,19-20H2,1-3H3,(H,30,33)/b29-18+. The van der Waals surface area contributed by atoms with E-state index in [1.807, 2.05) is 51.1 Å². The van der Waals surface area contributed by atoms with Gasteiger partial charge in [0.1, 0.15) is 11.5 Å². The molecular formula is C28H30N4O5S. The van der Waals surface area contributed by atoms with Crippen molar-refractivity contribution < 1.29 is 22.4 Å². The average molecular weight is 535 g/mol. The Balaban J connectivity index is 1.47. The monoisotopic (exact) mass is 534 g/mol. The maximum Gasteiger partial charge on any atom is 0.255 e. The number of hydrogen-bond donors (Lipinski definition) is 1. The Labute approximate surface area is 222 Å². The van der Waals surface area contributed by atoms with Gasteiger partial charge in [-0.3, -0.25) is 4.79 Å². The second-order valence-electron chi connectivity index (χ2n) is 8.55. The van der Waals surface area contributed by atoms with E-state index in [1.54, 1.807) is 36.5 Å². The summed E-state index contributed by atoms with van der Waals surface area (Å²) in [5.41, 5.74) is 6.19. The summed E-state index contributed by atoms with van der Waals surface area (Å²) in [7, 11) is -3.95. The van der Waals surface area contributed by atoms with Gasteiger partial charge in [0, 0.05) is 22.6 Å². The van der Waals surface area contributed by atoms with Gasteiger partial charge in [-0.05, 0) is 75.4 Å². The van der Waals surface area contributed by atoms with Gasteiger partial charge in [0.05, 0.1) is 37.1 Å². The van der Waals surface area contributed by atoms with Crippen LogP contribution in [0.1, 0.15) is 29.6 Å². The van der Waals surface area contributed by atoms with Crippen LogP contribution in [0.2, 0.25) is 0 Å². The molecule has 0 aliphatic rings. The number of amides is 1. The van der Waals surface area contributed by atoms with Gasteiger partial charge in [0.2, 0.25) is 10.0 Å². The molecule has 1 amide bonds. The Hall–Kier alpha value is -4.15. The number of carbonyl (C=O) groups is 1. The number of aromatic nitrogens is 1. The first-order valence-corrected chi connectivity index (χ1v) is 13.5. The van der Waals surface area contributed by atoms with E-state index in [4.69, 9.17) is 9.15 Å². The molecule has 0 saturated carbocycles. The minimum absolute atomic E-state index is 0.0876. The van der Waals surface area contributed by atoms with Crippen LogP contribution in [0.3, 0.4) is 0 Å². The molecule has 0 unspecified atom stereocenters. The lowest BCUT2D eigenvalue weighted by Crippen LogP contribution is -2.39. The molecule has 4 aromatic rings. The molecule has 0 bridgehead atoms.